The van der Waals surface area contributed by atoms with Gasteiger partial charge in [0.2, 0.25) is 0 Å². The number of hydrogen-bond acceptors (Lipinski definition) is 3. The summed E-state index contributed by atoms with van der Waals surface area (Å²) < 4.78 is 7.65. The smallest absolute Gasteiger partial charge is 0.174 e. The van der Waals surface area contributed by atoms with Crippen LogP contribution in [0.1, 0.15) is 6.92 Å². The van der Waals surface area contributed by atoms with Gasteiger partial charge >= 0.3 is 0 Å². The zero-order chi connectivity index (χ0) is 10.1. The summed E-state index contributed by atoms with van der Waals surface area (Å²) in [6.45, 7) is 2.69. The van der Waals surface area contributed by atoms with Crippen molar-refractivity contribution in [1.29, 1.82) is 0 Å². The SMILES string of the molecule is CCOc1cc2ccc(Br)c(S)c2s1. The highest BCUT2D eigenvalue weighted by Gasteiger charge is 2.07. The van der Waals surface area contributed by atoms with Gasteiger partial charge in [0.15, 0.2) is 5.06 Å². The summed E-state index contributed by atoms with van der Waals surface area (Å²) in [6.07, 6.45) is 0. The number of benzene rings is 1. The van der Waals surface area contributed by atoms with Crippen LogP contribution >= 0.6 is 39.9 Å². The minimum Gasteiger partial charge on any atom is -0.484 e. The standard InChI is InChI=1S/C10H9BrOS2/c1-2-12-8-5-6-3-4-7(11)9(13)10(6)14-8/h3-5,13H,2H2,1H3. The number of thiol groups is 1. The van der Waals surface area contributed by atoms with E-state index in [4.69, 9.17) is 4.74 Å². The van der Waals surface area contributed by atoms with Crippen LogP contribution in [0.5, 0.6) is 5.06 Å². The van der Waals surface area contributed by atoms with E-state index in [9.17, 15) is 0 Å². The summed E-state index contributed by atoms with van der Waals surface area (Å²) in [5, 5.41) is 2.14. The Morgan fingerprint density at radius 1 is 1.50 bits per heavy atom. The molecule has 0 N–H and O–H groups in total. The highest BCUT2D eigenvalue weighted by molar-refractivity contribution is 9.10. The van der Waals surface area contributed by atoms with E-state index in [1.54, 1.807) is 11.3 Å². The van der Waals surface area contributed by atoms with Gasteiger partial charge in [-0.25, -0.2) is 0 Å². The van der Waals surface area contributed by atoms with Crippen LogP contribution in [-0.2, 0) is 0 Å². The fourth-order valence-corrected chi connectivity index (χ4v) is 3.07. The van der Waals surface area contributed by atoms with Gasteiger partial charge in [0.05, 0.1) is 11.3 Å². The first-order valence-corrected chi connectivity index (χ1v) is 6.32. The lowest BCUT2D eigenvalue weighted by Gasteiger charge is -1.96. The first-order valence-electron chi connectivity index (χ1n) is 4.26. The second-order valence-corrected chi connectivity index (χ2v) is 5.13. The van der Waals surface area contributed by atoms with Crippen molar-refractivity contribution >= 4 is 50.0 Å². The third kappa shape index (κ3) is 1.78. The summed E-state index contributed by atoms with van der Waals surface area (Å²) in [5.74, 6) is 0. The molecule has 0 saturated heterocycles. The molecule has 1 aromatic heterocycles. The van der Waals surface area contributed by atoms with E-state index in [2.05, 4.69) is 40.7 Å². The van der Waals surface area contributed by atoms with E-state index in [-0.39, 0.29) is 0 Å². The monoisotopic (exact) mass is 288 g/mol. The fraction of sp³-hybridized carbons (Fsp3) is 0.200. The molecule has 74 valence electrons. The van der Waals surface area contributed by atoms with Crippen LogP contribution in [0.4, 0.5) is 0 Å². The number of rotatable bonds is 2. The van der Waals surface area contributed by atoms with Crippen LogP contribution in [0, 0.1) is 0 Å². The molecule has 1 aromatic carbocycles. The molecule has 1 heterocycles. The molecule has 2 aromatic rings. The third-order valence-electron chi connectivity index (χ3n) is 1.88. The van der Waals surface area contributed by atoms with Crippen LogP contribution in [-0.4, -0.2) is 6.61 Å². The third-order valence-corrected chi connectivity index (χ3v) is 4.54. The molecule has 4 heteroatoms. The topological polar surface area (TPSA) is 9.23 Å². The van der Waals surface area contributed by atoms with Gasteiger partial charge in [-0.3, -0.25) is 0 Å². The van der Waals surface area contributed by atoms with Crippen LogP contribution in [0.2, 0.25) is 0 Å². The molecular weight excluding hydrogens is 280 g/mol. The lowest BCUT2D eigenvalue weighted by Crippen LogP contribution is -1.86. The van der Waals surface area contributed by atoms with Crippen LogP contribution < -0.4 is 4.74 Å². The molecule has 2 rings (SSSR count). The average Bonchev–Trinajstić information content (AvgIpc) is 2.56. The Morgan fingerprint density at radius 2 is 2.29 bits per heavy atom. The van der Waals surface area contributed by atoms with Gasteiger partial charge in [-0.05, 0) is 40.4 Å². The van der Waals surface area contributed by atoms with E-state index in [1.807, 2.05) is 13.0 Å². The van der Waals surface area contributed by atoms with E-state index >= 15 is 0 Å². The Morgan fingerprint density at radius 3 is 3.00 bits per heavy atom. The largest absolute Gasteiger partial charge is 0.484 e. The first kappa shape index (κ1) is 10.3. The molecule has 0 spiro atoms. The molecule has 0 fully saturated rings. The van der Waals surface area contributed by atoms with Gasteiger partial charge < -0.3 is 4.74 Å². The van der Waals surface area contributed by atoms with Crippen molar-refractivity contribution in [3.63, 3.8) is 0 Å². The lowest BCUT2D eigenvalue weighted by atomic mass is 10.3. The van der Waals surface area contributed by atoms with Crippen LogP contribution in [0.25, 0.3) is 10.1 Å². The molecule has 0 amide bonds. The quantitative estimate of drug-likeness (QED) is 0.809. The van der Waals surface area contributed by atoms with Crippen molar-refractivity contribution < 1.29 is 4.74 Å². The second-order valence-electron chi connectivity index (χ2n) is 2.81. The number of thiophene rings is 1. The molecule has 0 aliphatic heterocycles. The van der Waals surface area contributed by atoms with Gasteiger partial charge in [0.1, 0.15) is 0 Å². The van der Waals surface area contributed by atoms with Crippen molar-refractivity contribution in [2.75, 3.05) is 6.61 Å². The van der Waals surface area contributed by atoms with E-state index < -0.39 is 0 Å². The predicted molar refractivity (Wildman–Crippen MR) is 67.9 cm³/mol. The molecule has 0 unspecified atom stereocenters. The van der Waals surface area contributed by atoms with Crippen molar-refractivity contribution in [2.45, 2.75) is 11.8 Å². The summed E-state index contributed by atoms with van der Waals surface area (Å²) in [4.78, 5) is 0.985. The Bertz CT molecular complexity index is 464. The summed E-state index contributed by atoms with van der Waals surface area (Å²) >= 11 is 9.54. The van der Waals surface area contributed by atoms with Gasteiger partial charge in [-0.1, -0.05) is 17.4 Å². The van der Waals surface area contributed by atoms with Gasteiger partial charge in [-0.2, -0.15) is 0 Å². The summed E-state index contributed by atoms with van der Waals surface area (Å²) in [5.41, 5.74) is 0. The van der Waals surface area contributed by atoms with Gasteiger partial charge in [0, 0.05) is 9.37 Å². The van der Waals surface area contributed by atoms with Crippen molar-refractivity contribution in [2.24, 2.45) is 0 Å². The van der Waals surface area contributed by atoms with E-state index in [0.29, 0.717) is 6.61 Å². The minimum atomic E-state index is 0.704. The van der Waals surface area contributed by atoms with Gasteiger partial charge in [-0.15, -0.1) is 12.6 Å². The number of hydrogen-bond donors (Lipinski definition) is 1. The number of ether oxygens (including phenoxy) is 1. The molecule has 1 nitrogen and oxygen atoms in total. The highest BCUT2D eigenvalue weighted by Crippen LogP contribution is 2.38. The molecule has 0 bridgehead atoms. The Kier molecular flexibility index (Phi) is 3.04. The summed E-state index contributed by atoms with van der Waals surface area (Å²) in [7, 11) is 0. The number of halogens is 1. The van der Waals surface area contributed by atoms with E-state index in [1.165, 1.54) is 10.1 Å². The highest BCUT2D eigenvalue weighted by atomic mass is 79.9. The molecule has 0 aliphatic rings. The van der Waals surface area contributed by atoms with Crippen molar-refractivity contribution in [1.82, 2.24) is 0 Å². The maximum absolute atomic E-state index is 5.45. The molecule has 14 heavy (non-hydrogen) atoms. The first-order chi connectivity index (χ1) is 6.72. The Labute approximate surface area is 101 Å². The Balaban J connectivity index is 2.59. The molecular formula is C10H9BrOS2. The maximum atomic E-state index is 5.45. The zero-order valence-electron chi connectivity index (χ0n) is 7.58. The van der Waals surface area contributed by atoms with Crippen LogP contribution in [0.3, 0.4) is 0 Å². The zero-order valence-corrected chi connectivity index (χ0v) is 10.9. The molecule has 0 aliphatic carbocycles. The lowest BCUT2D eigenvalue weighted by molar-refractivity contribution is 0.350. The average molecular weight is 289 g/mol. The van der Waals surface area contributed by atoms with E-state index in [0.717, 1.165) is 14.4 Å². The maximum Gasteiger partial charge on any atom is 0.174 e. The fourth-order valence-electron chi connectivity index (χ4n) is 1.25. The van der Waals surface area contributed by atoms with Crippen molar-refractivity contribution in [3.8, 4) is 5.06 Å². The molecule has 0 saturated carbocycles. The normalized spacial score (nSPS) is 10.8. The second kappa shape index (κ2) is 4.13. The predicted octanol–water partition coefficient (Wildman–Crippen LogP) is 4.35. The minimum absolute atomic E-state index is 0.704. The van der Waals surface area contributed by atoms with Crippen LogP contribution in [0.15, 0.2) is 27.6 Å². The molecule has 0 atom stereocenters. The number of fused-ring (bicyclic) bond motifs is 1. The van der Waals surface area contributed by atoms with Crippen molar-refractivity contribution in [3.05, 3.63) is 22.7 Å². The molecule has 0 radical (unpaired) electrons. The summed E-state index contributed by atoms with van der Waals surface area (Å²) in [6, 6.07) is 6.13. The van der Waals surface area contributed by atoms with Gasteiger partial charge in [0.25, 0.3) is 0 Å². The Hall–Kier alpha value is -0.190.